The quantitative estimate of drug-likeness (QED) is 0.750. The van der Waals surface area contributed by atoms with E-state index in [-0.39, 0.29) is 12.0 Å². The lowest BCUT2D eigenvalue weighted by Crippen LogP contribution is -2.33. The summed E-state index contributed by atoms with van der Waals surface area (Å²) in [7, 11) is 3.09. The van der Waals surface area contributed by atoms with Gasteiger partial charge in [0.25, 0.3) is 0 Å². The molecule has 2 rings (SSSR count). The molecule has 4 heteroatoms. The Bertz CT molecular complexity index is 405. The first kappa shape index (κ1) is 11.9. The van der Waals surface area contributed by atoms with Crippen molar-refractivity contribution in [2.24, 2.45) is 0 Å². The molecule has 92 valence electrons. The van der Waals surface area contributed by atoms with E-state index in [1.807, 2.05) is 18.2 Å². The number of benzene rings is 1. The molecule has 0 aliphatic carbocycles. The van der Waals surface area contributed by atoms with Gasteiger partial charge in [-0.1, -0.05) is 18.2 Å². The zero-order valence-electron chi connectivity index (χ0n) is 10.2. The Kier molecular flexibility index (Phi) is 3.64. The number of rotatable bonds is 3. The highest BCUT2D eigenvalue weighted by molar-refractivity contribution is 5.75. The minimum absolute atomic E-state index is 0.0463. The summed E-state index contributed by atoms with van der Waals surface area (Å²) < 4.78 is 5.79. The van der Waals surface area contributed by atoms with Gasteiger partial charge in [0, 0.05) is 7.05 Å². The number of fused-ring (bicyclic) bond motifs is 1. The van der Waals surface area contributed by atoms with Crippen LogP contribution in [0.5, 0.6) is 5.75 Å². The standard InChI is InChI=1S/C13H17NO3/c1-14(16-2)13(15)9-11-8-7-10-5-3-4-6-12(10)17-11/h3-6,11H,7-9H2,1-2H3. The zero-order valence-corrected chi connectivity index (χ0v) is 10.2. The van der Waals surface area contributed by atoms with E-state index in [1.54, 1.807) is 7.05 Å². The summed E-state index contributed by atoms with van der Waals surface area (Å²) >= 11 is 0. The lowest BCUT2D eigenvalue weighted by Gasteiger charge is -2.26. The van der Waals surface area contributed by atoms with E-state index in [0.717, 1.165) is 18.6 Å². The average Bonchev–Trinajstić information content (AvgIpc) is 2.37. The number of carbonyl (C=O) groups excluding carboxylic acids is 1. The van der Waals surface area contributed by atoms with E-state index in [9.17, 15) is 4.79 Å². The highest BCUT2D eigenvalue weighted by atomic mass is 16.7. The molecular formula is C13H17NO3. The van der Waals surface area contributed by atoms with Crippen molar-refractivity contribution in [2.45, 2.75) is 25.4 Å². The molecule has 0 saturated heterocycles. The summed E-state index contributed by atoms with van der Waals surface area (Å²) in [6, 6.07) is 7.97. The third kappa shape index (κ3) is 2.77. The highest BCUT2D eigenvalue weighted by Crippen LogP contribution is 2.28. The molecule has 1 aromatic rings. The smallest absolute Gasteiger partial charge is 0.249 e. The van der Waals surface area contributed by atoms with Crippen molar-refractivity contribution < 1.29 is 14.4 Å². The maximum atomic E-state index is 11.7. The number of para-hydroxylation sites is 1. The second kappa shape index (κ2) is 5.19. The van der Waals surface area contributed by atoms with Gasteiger partial charge in [0.05, 0.1) is 13.5 Å². The molecule has 0 fully saturated rings. The Labute approximate surface area is 101 Å². The van der Waals surface area contributed by atoms with Gasteiger partial charge in [0.15, 0.2) is 0 Å². The van der Waals surface area contributed by atoms with E-state index in [0.29, 0.717) is 6.42 Å². The number of hydrogen-bond donors (Lipinski definition) is 0. The van der Waals surface area contributed by atoms with E-state index >= 15 is 0 Å². The van der Waals surface area contributed by atoms with Crippen molar-refractivity contribution in [3.63, 3.8) is 0 Å². The largest absolute Gasteiger partial charge is 0.490 e. The van der Waals surface area contributed by atoms with E-state index in [4.69, 9.17) is 9.57 Å². The minimum atomic E-state index is -0.0584. The maximum Gasteiger partial charge on any atom is 0.249 e. The molecule has 0 aromatic heterocycles. The average molecular weight is 235 g/mol. The SMILES string of the molecule is CON(C)C(=O)CC1CCc2ccccc2O1. The van der Waals surface area contributed by atoms with Crippen LogP contribution < -0.4 is 4.74 Å². The van der Waals surface area contributed by atoms with Gasteiger partial charge >= 0.3 is 0 Å². The molecule has 17 heavy (non-hydrogen) atoms. The van der Waals surface area contributed by atoms with Crippen molar-refractivity contribution in [2.75, 3.05) is 14.2 Å². The summed E-state index contributed by atoms with van der Waals surface area (Å²) in [6.45, 7) is 0. The number of amides is 1. The van der Waals surface area contributed by atoms with Crippen LogP contribution in [-0.2, 0) is 16.1 Å². The monoisotopic (exact) mass is 235 g/mol. The fourth-order valence-corrected chi connectivity index (χ4v) is 1.95. The van der Waals surface area contributed by atoms with Crippen LogP contribution in [0, 0.1) is 0 Å². The van der Waals surface area contributed by atoms with Crippen LogP contribution in [-0.4, -0.2) is 31.2 Å². The molecule has 0 radical (unpaired) electrons. The summed E-state index contributed by atoms with van der Waals surface area (Å²) in [4.78, 5) is 16.5. The molecule has 1 aromatic carbocycles. The first-order chi connectivity index (χ1) is 8.20. The summed E-state index contributed by atoms with van der Waals surface area (Å²) in [5, 5.41) is 1.24. The molecule has 1 unspecified atom stereocenters. The van der Waals surface area contributed by atoms with Gasteiger partial charge in [0.2, 0.25) is 5.91 Å². The number of ether oxygens (including phenoxy) is 1. The molecular weight excluding hydrogens is 218 g/mol. The van der Waals surface area contributed by atoms with Gasteiger partial charge in [0.1, 0.15) is 11.9 Å². The minimum Gasteiger partial charge on any atom is -0.490 e. The van der Waals surface area contributed by atoms with Crippen LogP contribution in [0.3, 0.4) is 0 Å². The summed E-state index contributed by atoms with van der Waals surface area (Å²) in [5.41, 5.74) is 1.22. The summed E-state index contributed by atoms with van der Waals surface area (Å²) in [5.74, 6) is 0.841. The first-order valence-corrected chi connectivity index (χ1v) is 5.76. The molecule has 1 atom stereocenters. The van der Waals surface area contributed by atoms with Crippen molar-refractivity contribution in [3.05, 3.63) is 29.8 Å². The van der Waals surface area contributed by atoms with Gasteiger partial charge in [-0.2, -0.15) is 0 Å². The Morgan fingerprint density at radius 3 is 3.06 bits per heavy atom. The molecule has 0 saturated carbocycles. The highest BCUT2D eigenvalue weighted by Gasteiger charge is 2.23. The van der Waals surface area contributed by atoms with Crippen LogP contribution in [0.15, 0.2) is 24.3 Å². The Hall–Kier alpha value is -1.55. The van der Waals surface area contributed by atoms with Crippen molar-refractivity contribution >= 4 is 5.91 Å². The van der Waals surface area contributed by atoms with Crippen LogP contribution in [0.4, 0.5) is 0 Å². The second-order valence-electron chi connectivity index (χ2n) is 4.16. The van der Waals surface area contributed by atoms with Gasteiger partial charge in [-0.3, -0.25) is 9.63 Å². The van der Waals surface area contributed by atoms with Gasteiger partial charge < -0.3 is 4.74 Å². The third-order valence-corrected chi connectivity index (χ3v) is 3.03. The van der Waals surface area contributed by atoms with E-state index in [2.05, 4.69) is 6.07 Å². The molecule has 1 aliphatic rings. The number of hydroxylamine groups is 2. The van der Waals surface area contributed by atoms with Crippen LogP contribution >= 0.6 is 0 Å². The van der Waals surface area contributed by atoms with Gasteiger partial charge in [-0.15, -0.1) is 0 Å². The number of aryl methyl sites for hydroxylation is 1. The molecule has 4 nitrogen and oxygen atoms in total. The third-order valence-electron chi connectivity index (χ3n) is 3.03. The van der Waals surface area contributed by atoms with Crippen molar-refractivity contribution in [3.8, 4) is 5.75 Å². The Morgan fingerprint density at radius 1 is 1.53 bits per heavy atom. The molecule has 1 aliphatic heterocycles. The fraction of sp³-hybridized carbons (Fsp3) is 0.462. The van der Waals surface area contributed by atoms with Crippen molar-refractivity contribution in [1.82, 2.24) is 5.06 Å². The Balaban J connectivity index is 1.96. The molecule has 0 spiro atoms. The zero-order chi connectivity index (χ0) is 12.3. The summed E-state index contributed by atoms with van der Waals surface area (Å²) in [6.07, 6.45) is 2.15. The number of hydrogen-bond acceptors (Lipinski definition) is 3. The number of carbonyl (C=O) groups is 1. The van der Waals surface area contributed by atoms with E-state index < -0.39 is 0 Å². The molecule has 1 amide bonds. The predicted octanol–water partition coefficient (Wildman–Crippen LogP) is 1.79. The van der Waals surface area contributed by atoms with Gasteiger partial charge in [-0.05, 0) is 24.5 Å². The van der Waals surface area contributed by atoms with Crippen LogP contribution in [0.25, 0.3) is 0 Å². The maximum absolute atomic E-state index is 11.7. The van der Waals surface area contributed by atoms with Crippen molar-refractivity contribution in [1.29, 1.82) is 0 Å². The van der Waals surface area contributed by atoms with Crippen LogP contribution in [0.1, 0.15) is 18.4 Å². The fourth-order valence-electron chi connectivity index (χ4n) is 1.95. The molecule has 1 heterocycles. The van der Waals surface area contributed by atoms with E-state index in [1.165, 1.54) is 17.7 Å². The number of nitrogens with zero attached hydrogens (tertiary/aromatic N) is 1. The molecule has 0 bridgehead atoms. The Morgan fingerprint density at radius 2 is 2.29 bits per heavy atom. The topological polar surface area (TPSA) is 38.8 Å². The lowest BCUT2D eigenvalue weighted by molar-refractivity contribution is -0.170. The second-order valence-corrected chi connectivity index (χ2v) is 4.16. The molecule has 0 N–H and O–H groups in total. The predicted molar refractivity (Wildman–Crippen MR) is 63.6 cm³/mol. The normalized spacial score (nSPS) is 18.1. The first-order valence-electron chi connectivity index (χ1n) is 5.76. The lowest BCUT2D eigenvalue weighted by atomic mass is 10.0. The van der Waals surface area contributed by atoms with Crippen LogP contribution in [0.2, 0.25) is 0 Å². The van der Waals surface area contributed by atoms with Gasteiger partial charge in [-0.25, -0.2) is 5.06 Å².